The van der Waals surface area contributed by atoms with Crippen LogP contribution in [0.4, 0.5) is 21.0 Å². The quantitative estimate of drug-likeness (QED) is 0.496. The van der Waals surface area contributed by atoms with Gasteiger partial charge in [-0.3, -0.25) is 4.90 Å². The molecule has 0 aromatic heterocycles. The van der Waals surface area contributed by atoms with Crippen LogP contribution < -0.4 is 9.64 Å². The third-order valence-corrected chi connectivity index (χ3v) is 7.50. The fourth-order valence-corrected chi connectivity index (χ4v) is 5.66. The molecule has 3 aromatic carbocycles. The van der Waals surface area contributed by atoms with Gasteiger partial charge in [0.2, 0.25) is 0 Å². The van der Waals surface area contributed by atoms with E-state index in [0.29, 0.717) is 30.8 Å². The highest BCUT2D eigenvalue weighted by molar-refractivity contribution is 6.01. The number of amides is 4. The Balaban J connectivity index is 1.40. The predicted molar refractivity (Wildman–Crippen MR) is 147 cm³/mol. The number of benzene rings is 3. The molecule has 9 heteroatoms. The summed E-state index contributed by atoms with van der Waals surface area (Å²) in [5.74, 6) is -0.388. The molecule has 3 aromatic rings. The van der Waals surface area contributed by atoms with Gasteiger partial charge in [-0.15, -0.1) is 0 Å². The molecule has 1 N–H and O–H groups in total. The summed E-state index contributed by atoms with van der Waals surface area (Å²) in [6.45, 7) is 0.513. The van der Waals surface area contributed by atoms with Gasteiger partial charge in [-0.25, -0.2) is 14.4 Å². The summed E-state index contributed by atoms with van der Waals surface area (Å²) in [6, 6.07) is 23.1. The molecule has 39 heavy (non-hydrogen) atoms. The molecule has 2 fully saturated rings. The van der Waals surface area contributed by atoms with Gasteiger partial charge in [0.15, 0.2) is 6.04 Å². The van der Waals surface area contributed by atoms with E-state index in [-0.39, 0.29) is 18.6 Å². The van der Waals surface area contributed by atoms with Gasteiger partial charge in [-0.05, 0) is 54.8 Å². The number of carbonyl (C=O) groups excluding carboxylic acids is 2. The van der Waals surface area contributed by atoms with E-state index >= 15 is 0 Å². The number of piperazine rings is 1. The van der Waals surface area contributed by atoms with Crippen LogP contribution in [0.3, 0.4) is 0 Å². The van der Waals surface area contributed by atoms with E-state index in [2.05, 4.69) is 0 Å². The van der Waals surface area contributed by atoms with Crippen LogP contribution in [0, 0.1) is 0 Å². The molecular formula is C30H32N4O5. The highest BCUT2D eigenvalue weighted by Gasteiger charge is 2.54. The number of hydrogen-bond acceptors (Lipinski definition) is 4. The summed E-state index contributed by atoms with van der Waals surface area (Å²) in [5.41, 5.74) is 2.22. The number of rotatable bonds is 6. The van der Waals surface area contributed by atoms with Gasteiger partial charge in [-0.1, -0.05) is 48.5 Å². The maximum Gasteiger partial charge on any atom is 0.329 e. The van der Waals surface area contributed by atoms with E-state index in [1.54, 1.807) is 28.9 Å². The Morgan fingerprint density at radius 1 is 0.872 bits per heavy atom. The molecule has 0 saturated carbocycles. The monoisotopic (exact) mass is 528 g/mol. The summed E-state index contributed by atoms with van der Waals surface area (Å²) in [5, 5.41) is 10.3. The van der Waals surface area contributed by atoms with Crippen molar-refractivity contribution in [2.24, 2.45) is 0 Å². The smallest absolute Gasteiger partial charge is 0.329 e. The lowest BCUT2D eigenvalue weighted by atomic mass is 10.0. The molecule has 202 valence electrons. The zero-order valence-corrected chi connectivity index (χ0v) is 22.0. The number of carboxylic acid groups (broad SMARTS) is 1. The van der Waals surface area contributed by atoms with Gasteiger partial charge >= 0.3 is 18.0 Å². The van der Waals surface area contributed by atoms with E-state index in [4.69, 9.17) is 4.74 Å². The topological polar surface area (TPSA) is 93.6 Å². The Kier molecular flexibility index (Phi) is 7.40. The van der Waals surface area contributed by atoms with Crippen molar-refractivity contribution < 1.29 is 24.2 Å². The fraction of sp³-hybridized carbons (Fsp3) is 0.300. The molecule has 5 rings (SSSR count). The van der Waals surface area contributed by atoms with Crippen molar-refractivity contribution in [3.05, 3.63) is 90.5 Å². The number of methoxy groups -OCH3 is 1. The number of para-hydroxylation sites is 2. The Morgan fingerprint density at radius 3 is 2.00 bits per heavy atom. The minimum atomic E-state index is -1.16. The van der Waals surface area contributed by atoms with Crippen LogP contribution in [0.5, 0.6) is 5.75 Å². The second kappa shape index (κ2) is 11.1. The summed E-state index contributed by atoms with van der Waals surface area (Å²) in [6.07, 6.45) is 1.15. The number of urea groups is 2. The Morgan fingerprint density at radius 2 is 1.46 bits per heavy atom. The average Bonchev–Trinajstić information content (AvgIpc) is 3.26. The van der Waals surface area contributed by atoms with Crippen LogP contribution in [0.15, 0.2) is 84.9 Å². The number of carbonyl (C=O) groups is 3. The van der Waals surface area contributed by atoms with Crippen LogP contribution in [0.2, 0.25) is 0 Å². The number of carboxylic acids is 1. The molecule has 2 heterocycles. The minimum Gasteiger partial charge on any atom is -0.497 e. The van der Waals surface area contributed by atoms with Gasteiger partial charge < -0.3 is 24.5 Å². The number of nitrogens with zero attached hydrogens (tertiary/aromatic N) is 4. The molecule has 0 spiro atoms. The summed E-state index contributed by atoms with van der Waals surface area (Å²) in [7, 11) is 3.31. The highest BCUT2D eigenvalue weighted by atomic mass is 16.5. The number of hydrogen-bond donors (Lipinski definition) is 1. The molecule has 2 aliphatic heterocycles. The van der Waals surface area contributed by atoms with Crippen LogP contribution in [0.1, 0.15) is 18.4 Å². The van der Waals surface area contributed by atoms with E-state index in [1.165, 1.54) is 4.90 Å². The van der Waals surface area contributed by atoms with Crippen molar-refractivity contribution in [3.8, 4) is 5.75 Å². The standard InChI is InChI=1S/C30H32N4O5/c1-31(19-21-13-16-25(39-2)17-14-21)29(37)34-24-15-18-26(34)27(28(35)36)32(20-24)30(38)33(22-9-5-3-6-10-22)23-11-7-4-8-12-23/h3-14,16-17,24,26-27H,15,18-20H2,1-2H3,(H,35,36)/t24-,26+,27-/m0/s1. The van der Waals surface area contributed by atoms with Crippen LogP contribution in [-0.2, 0) is 11.3 Å². The summed E-state index contributed by atoms with van der Waals surface area (Å²) < 4.78 is 5.21. The average molecular weight is 529 g/mol. The number of fused-ring (bicyclic) bond motifs is 2. The number of ether oxygens (including phenoxy) is 1. The lowest BCUT2D eigenvalue weighted by molar-refractivity contribution is -0.145. The van der Waals surface area contributed by atoms with Crippen LogP contribution in [-0.4, -0.2) is 76.7 Å². The molecule has 0 unspecified atom stereocenters. The Bertz CT molecular complexity index is 1280. The van der Waals surface area contributed by atoms with Gasteiger partial charge in [-0.2, -0.15) is 0 Å². The number of aliphatic carboxylic acids is 1. The van der Waals surface area contributed by atoms with E-state index < -0.39 is 24.1 Å². The Hall–Kier alpha value is -4.53. The first-order valence-electron chi connectivity index (χ1n) is 13.0. The molecule has 3 atom stereocenters. The fourth-order valence-electron chi connectivity index (χ4n) is 5.66. The van der Waals surface area contributed by atoms with E-state index in [1.807, 2.05) is 84.9 Å². The first-order chi connectivity index (χ1) is 18.9. The maximum atomic E-state index is 14.1. The zero-order chi connectivity index (χ0) is 27.5. The Labute approximate surface area is 227 Å². The third kappa shape index (κ3) is 5.12. The molecule has 4 amide bonds. The van der Waals surface area contributed by atoms with Gasteiger partial charge in [0, 0.05) is 20.1 Å². The molecule has 0 aliphatic carbocycles. The predicted octanol–water partition coefficient (Wildman–Crippen LogP) is 4.81. The van der Waals surface area contributed by atoms with Crippen molar-refractivity contribution in [2.45, 2.75) is 37.5 Å². The summed E-state index contributed by atoms with van der Waals surface area (Å²) in [4.78, 5) is 46.7. The highest BCUT2D eigenvalue weighted by Crippen LogP contribution is 2.37. The zero-order valence-electron chi connectivity index (χ0n) is 22.0. The summed E-state index contributed by atoms with van der Waals surface area (Å²) >= 11 is 0. The van der Waals surface area contributed by atoms with Gasteiger partial charge in [0.25, 0.3) is 0 Å². The van der Waals surface area contributed by atoms with E-state index in [9.17, 15) is 19.5 Å². The lowest BCUT2D eigenvalue weighted by Crippen LogP contribution is -2.67. The van der Waals surface area contributed by atoms with Crippen molar-refractivity contribution >= 4 is 29.4 Å². The second-order valence-corrected chi connectivity index (χ2v) is 9.92. The lowest BCUT2D eigenvalue weighted by Gasteiger charge is -2.47. The normalized spacial score (nSPS) is 19.9. The number of anilines is 2. The van der Waals surface area contributed by atoms with Crippen molar-refractivity contribution in [1.29, 1.82) is 0 Å². The SMILES string of the molecule is COc1ccc(CN(C)C(=O)N2[C@H]3CC[C@@H]2[C@@H](C(=O)O)N(C(=O)N(c2ccccc2)c2ccccc2)C3)cc1. The van der Waals surface area contributed by atoms with Crippen molar-refractivity contribution in [3.63, 3.8) is 0 Å². The maximum absolute atomic E-state index is 14.1. The van der Waals surface area contributed by atoms with Crippen LogP contribution in [0.25, 0.3) is 0 Å². The van der Waals surface area contributed by atoms with Gasteiger partial charge in [0.1, 0.15) is 5.75 Å². The molecule has 9 nitrogen and oxygen atoms in total. The second-order valence-electron chi connectivity index (χ2n) is 9.92. The molecule has 2 aliphatic rings. The van der Waals surface area contributed by atoms with Gasteiger partial charge in [0.05, 0.1) is 30.6 Å². The van der Waals surface area contributed by atoms with E-state index in [0.717, 1.165) is 11.3 Å². The molecular weight excluding hydrogens is 496 g/mol. The third-order valence-electron chi connectivity index (χ3n) is 7.50. The molecule has 2 bridgehead atoms. The molecule has 0 radical (unpaired) electrons. The first kappa shape index (κ1) is 26.1. The van der Waals surface area contributed by atoms with Crippen LogP contribution >= 0.6 is 0 Å². The van der Waals surface area contributed by atoms with Crippen molar-refractivity contribution in [1.82, 2.24) is 14.7 Å². The number of likely N-dealkylation sites (tertiary alicyclic amines) is 1. The molecule has 2 saturated heterocycles. The van der Waals surface area contributed by atoms with Crippen molar-refractivity contribution in [2.75, 3.05) is 25.6 Å². The first-order valence-corrected chi connectivity index (χ1v) is 13.0. The largest absolute Gasteiger partial charge is 0.497 e. The minimum absolute atomic E-state index is 0.143.